The summed E-state index contributed by atoms with van der Waals surface area (Å²) in [6, 6.07) is 52.2. The second-order valence-corrected chi connectivity index (χ2v) is 17.8. The molecule has 368 valence electrons. The number of fused-ring (bicyclic) bond motifs is 1. The Morgan fingerprint density at radius 1 is 0.592 bits per heavy atom. The number of benzene rings is 6. The van der Waals surface area contributed by atoms with Crippen LogP contribution in [-0.4, -0.2) is 97.5 Å². The lowest BCUT2D eigenvalue weighted by molar-refractivity contribution is -0.367. The molecule has 0 radical (unpaired) electrons. The summed E-state index contributed by atoms with van der Waals surface area (Å²) in [4.78, 5) is 55.5. The number of carbonyl (C=O) groups is 4. The first-order chi connectivity index (χ1) is 34.7. The number of esters is 4. The number of hydrogen-bond donors (Lipinski definition) is 0. The normalized spacial score (nSPS) is 20.9. The molecule has 2 aliphatic heterocycles. The van der Waals surface area contributed by atoms with Crippen LogP contribution in [0.1, 0.15) is 72.7 Å². The Bertz CT molecular complexity index is 2540. The van der Waals surface area contributed by atoms with Crippen LogP contribution in [0.25, 0.3) is 0 Å². The van der Waals surface area contributed by atoms with Crippen LogP contribution in [0.2, 0.25) is 0 Å². The monoisotopic (exact) mass is 982 g/mol. The first-order valence-corrected chi connectivity index (χ1v) is 24.3. The zero-order chi connectivity index (χ0) is 49.4. The first-order valence-electron chi connectivity index (χ1n) is 23.3. The third-order valence-corrected chi connectivity index (χ3v) is 12.4. The largest absolute Gasteiger partial charge is 0.452 e. The molecule has 2 fully saturated rings. The number of hydrogen-bond acceptors (Lipinski definition) is 15. The quantitative estimate of drug-likeness (QED) is 0.0381. The fourth-order valence-corrected chi connectivity index (χ4v) is 8.65. The van der Waals surface area contributed by atoms with Gasteiger partial charge in [0.25, 0.3) is 6.29 Å². The molecule has 0 N–H and O–H groups in total. The number of ether oxygens (including phenoxy) is 10. The summed E-state index contributed by atoms with van der Waals surface area (Å²) >= 11 is 1.23. The Morgan fingerprint density at radius 2 is 1.06 bits per heavy atom. The summed E-state index contributed by atoms with van der Waals surface area (Å²) in [5.41, 5.74) is 1.38. The molecule has 14 nitrogen and oxygen atoms in total. The van der Waals surface area contributed by atoms with Crippen molar-refractivity contribution in [1.82, 2.24) is 0 Å². The molecular formula is C56H54O14S. The summed E-state index contributed by atoms with van der Waals surface area (Å²) in [6.45, 7) is 3.65. The van der Waals surface area contributed by atoms with Crippen molar-refractivity contribution in [3.63, 3.8) is 0 Å². The average Bonchev–Trinajstić information content (AvgIpc) is 3.42. The molecule has 15 heteroatoms. The van der Waals surface area contributed by atoms with Gasteiger partial charge in [0, 0.05) is 5.56 Å². The van der Waals surface area contributed by atoms with Gasteiger partial charge in [-0.25, -0.2) is 19.2 Å². The molecule has 0 aliphatic carbocycles. The lowest BCUT2D eigenvalue weighted by atomic mass is 9.96. The van der Waals surface area contributed by atoms with Crippen molar-refractivity contribution in [2.45, 2.75) is 81.4 Å². The minimum atomic E-state index is -1.58. The topological polar surface area (TPSA) is 161 Å². The second-order valence-electron chi connectivity index (χ2n) is 16.4. The highest BCUT2D eigenvalue weighted by Gasteiger charge is 2.55. The van der Waals surface area contributed by atoms with E-state index in [0.717, 1.165) is 5.56 Å². The molecule has 2 saturated heterocycles. The summed E-state index contributed by atoms with van der Waals surface area (Å²) < 4.78 is 63.9. The smallest absolute Gasteiger partial charge is 0.341 e. The van der Waals surface area contributed by atoms with Gasteiger partial charge in [0.2, 0.25) is 0 Å². The summed E-state index contributed by atoms with van der Waals surface area (Å²) in [5, 5.41) is 0. The number of thioether (sulfide) groups is 1. The third-order valence-electron chi connectivity index (χ3n) is 11.5. The van der Waals surface area contributed by atoms with E-state index in [-0.39, 0.29) is 42.1 Å². The molecule has 8 rings (SSSR count). The highest BCUT2D eigenvalue weighted by Crippen LogP contribution is 2.38. The van der Waals surface area contributed by atoms with E-state index in [0.29, 0.717) is 11.3 Å². The highest BCUT2D eigenvalue weighted by atomic mass is 32.2. The van der Waals surface area contributed by atoms with E-state index in [4.69, 9.17) is 47.4 Å². The maximum absolute atomic E-state index is 14.1. The molecule has 2 aliphatic rings. The van der Waals surface area contributed by atoms with E-state index in [1.54, 1.807) is 128 Å². The molecule has 0 spiro atoms. The lowest BCUT2D eigenvalue weighted by Gasteiger charge is -2.48. The zero-order valence-corrected chi connectivity index (χ0v) is 39.9. The Labute approximate surface area is 416 Å². The van der Waals surface area contributed by atoms with E-state index in [2.05, 4.69) is 0 Å². The fraction of sp³-hybridized carbons (Fsp3) is 0.286. The van der Waals surface area contributed by atoms with Gasteiger partial charge < -0.3 is 47.4 Å². The van der Waals surface area contributed by atoms with Crippen molar-refractivity contribution >= 4 is 35.6 Å². The van der Waals surface area contributed by atoms with Gasteiger partial charge in [0.1, 0.15) is 18.3 Å². The van der Waals surface area contributed by atoms with Gasteiger partial charge in [-0.05, 0) is 66.8 Å². The van der Waals surface area contributed by atoms with Crippen molar-refractivity contribution in [3.8, 4) is 0 Å². The highest BCUT2D eigenvalue weighted by molar-refractivity contribution is 7.99. The minimum Gasteiger partial charge on any atom is -0.452 e. The van der Waals surface area contributed by atoms with Gasteiger partial charge in [0.15, 0.2) is 30.2 Å². The van der Waals surface area contributed by atoms with Crippen LogP contribution in [-0.2, 0) is 54.0 Å². The van der Waals surface area contributed by atoms with Crippen molar-refractivity contribution in [2.24, 2.45) is 0 Å². The molecule has 2 heterocycles. The SMILES string of the molecule is CCSC(OC(COCc1ccccc1)[C@H](C)OC1OC2COC(c3ccccc3)OC2C(OC(=O)c2ccccc2)C1OC(=O)c1ccccc1)C(OC(=O)c1ccccc1)OC(=O)c1ccccc1. The van der Waals surface area contributed by atoms with Gasteiger partial charge in [-0.3, -0.25) is 0 Å². The van der Waals surface area contributed by atoms with Crippen LogP contribution in [0.15, 0.2) is 182 Å². The summed E-state index contributed by atoms with van der Waals surface area (Å²) in [5.74, 6) is -2.51. The minimum absolute atomic E-state index is 0.0201. The predicted octanol–water partition coefficient (Wildman–Crippen LogP) is 9.40. The van der Waals surface area contributed by atoms with E-state index >= 15 is 0 Å². The van der Waals surface area contributed by atoms with Crippen molar-refractivity contribution in [3.05, 3.63) is 215 Å². The lowest BCUT2D eigenvalue weighted by Crippen LogP contribution is -2.65. The van der Waals surface area contributed by atoms with Crippen molar-refractivity contribution in [2.75, 3.05) is 19.0 Å². The van der Waals surface area contributed by atoms with E-state index in [1.807, 2.05) is 67.6 Å². The Balaban J connectivity index is 1.13. The molecule has 8 unspecified atom stereocenters. The van der Waals surface area contributed by atoms with Crippen LogP contribution in [0, 0.1) is 0 Å². The van der Waals surface area contributed by atoms with E-state index in [9.17, 15) is 19.2 Å². The van der Waals surface area contributed by atoms with Crippen LogP contribution in [0.4, 0.5) is 0 Å². The van der Waals surface area contributed by atoms with Crippen molar-refractivity contribution < 1.29 is 66.5 Å². The Hall–Kier alpha value is -6.69. The number of rotatable bonds is 21. The van der Waals surface area contributed by atoms with Gasteiger partial charge in [0.05, 0.1) is 48.2 Å². The van der Waals surface area contributed by atoms with Gasteiger partial charge in [-0.1, -0.05) is 140 Å². The average molecular weight is 983 g/mol. The molecule has 0 aromatic heterocycles. The standard InChI is InChI=1S/C56H54O14S/c1-3-71-56(55(69-51(59)41-28-16-7-17-29-41)70-52(60)42-30-18-8-19-31-42)65-44(35-61-34-38-22-10-4-11-23-38)37(2)63-54-48(67-50(58)40-26-14-6-15-27-40)47(66-49(57)39-24-12-5-13-25-39)46-45(64-54)36-62-53(68-46)43-32-20-9-21-33-43/h4-33,37,44-48,53-56H,3,34-36H2,1-2H3/t37-,44?,45?,46?,47?,48?,53?,54?,56?/m0/s1. The molecule has 0 saturated carbocycles. The molecule has 0 bridgehead atoms. The predicted molar refractivity (Wildman–Crippen MR) is 261 cm³/mol. The van der Waals surface area contributed by atoms with E-state index < -0.39 is 84.8 Å². The van der Waals surface area contributed by atoms with Crippen LogP contribution in [0.5, 0.6) is 0 Å². The second kappa shape index (κ2) is 25.4. The van der Waals surface area contributed by atoms with Crippen molar-refractivity contribution in [1.29, 1.82) is 0 Å². The maximum Gasteiger partial charge on any atom is 0.341 e. The number of carbonyl (C=O) groups excluding carboxylic acids is 4. The van der Waals surface area contributed by atoms with Gasteiger partial charge in [-0.2, -0.15) is 0 Å². The molecule has 71 heavy (non-hydrogen) atoms. The van der Waals surface area contributed by atoms with Gasteiger partial charge in [-0.15, -0.1) is 11.8 Å². The molecule has 0 amide bonds. The zero-order valence-electron chi connectivity index (χ0n) is 39.0. The van der Waals surface area contributed by atoms with Crippen LogP contribution >= 0.6 is 11.8 Å². The maximum atomic E-state index is 14.1. The van der Waals surface area contributed by atoms with E-state index in [1.165, 1.54) is 11.8 Å². The summed E-state index contributed by atoms with van der Waals surface area (Å²) in [7, 11) is 0. The molecule has 6 aromatic carbocycles. The molecule has 6 aromatic rings. The van der Waals surface area contributed by atoms with Crippen LogP contribution in [0.3, 0.4) is 0 Å². The Morgan fingerprint density at radius 3 is 1.56 bits per heavy atom. The third kappa shape index (κ3) is 13.8. The molecular weight excluding hydrogens is 929 g/mol. The van der Waals surface area contributed by atoms with Crippen LogP contribution < -0.4 is 0 Å². The fourth-order valence-electron chi connectivity index (χ4n) is 7.83. The first kappa shape index (κ1) is 50.7. The Kier molecular flexibility index (Phi) is 18.2. The summed E-state index contributed by atoms with van der Waals surface area (Å²) in [6.07, 6.45) is -10.6. The molecule has 9 atom stereocenters. The van der Waals surface area contributed by atoms with Gasteiger partial charge >= 0.3 is 23.9 Å².